The van der Waals surface area contributed by atoms with E-state index in [0.717, 1.165) is 11.3 Å². The number of benzene rings is 1. The fourth-order valence-electron chi connectivity index (χ4n) is 3.60. The average Bonchev–Trinajstić information content (AvgIpc) is 3.23. The zero-order valence-corrected chi connectivity index (χ0v) is 16.9. The van der Waals surface area contributed by atoms with Crippen LogP contribution in [0.15, 0.2) is 64.4 Å². The Bertz CT molecular complexity index is 1560. The molecule has 0 aliphatic heterocycles. The lowest BCUT2D eigenvalue weighted by atomic mass is 10.1. The molecule has 0 saturated heterocycles. The lowest BCUT2D eigenvalue weighted by molar-refractivity contribution is 0.178. The van der Waals surface area contributed by atoms with Gasteiger partial charge in [-0.05, 0) is 36.8 Å². The average molecular weight is 414 g/mol. The molecule has 31 heavy (non-hydrogen) atoms. The molecule has 5 rings (SSSR count). The maximum Gasteiger partial charge on any atom is 0.267 e. The van der Waals surface area contributed by atoms with Crippen LogP contribution in [-0.4, -0.2) is 36.4 Å². The first-order valence-corrected chi connectivity index (χ1v) is 9.61. The summed E-state index contributed by atoms with van der Waals surface area (Å²) in [5.74, 6) is 0.701. The summed E-state index contributed by atoms with van der Waals surface area (Å²) < 4.78 is 7.91. The molecular weight excluding hydrogens is 396 g/mol. The van der Waals surface area contributed by atoms with Crippen molar-refractivity contribution in [1.82, 2.24) is 29.3 Å². The maximum absolute atomic E-state index is 13.2. The summed E-state index contributed by atoms with van der Waals surface area (Å²) in [5.41, 5.74) is 2.17. The molecule has 9 heteroatoms. The van der Waals surface area contributed by atoms with Crippen LogP contribution in [0.25, 0.3) is 33.4 Å². The van der Waals surface area contributed by atoms with Gasteiger partial charge in [-0.1, -0.05) is 18.2 Å². The number of rotatable bonds is 4. The van der Waals surface area contributed by atoms with Crippen molar-refractivity contribution in [2.75, 3.05) is 7.11 Å². The first-order valence-electron chi connectivity index (χ1n) is 9.61. The van der Waals surface area contributed by atoms with Crippen LogP contribution in [0.4, 0.5) is 0 Å². The van der Waals surface area contributed by atoms with Gasteiger partial charge in [-0.15, -0.1) is 5.10 Å². The minimum Gasteiger partial charge on any atom is -0.377 e. The first kappa shape index (κ1) is 18.9. The Morgan fingerprint density at radius 3 is 2.32 bits per heavy atom. The van der Waals surface area contributed by atoms with E-state index in [1.165, 1.54) is 4.57 Å². The zero-order valence-electron chi connectivity index (χ0n) is 16.9. The van der Waals surface area contributed by atoms with Gasteiger partial charge < -0.3 is 4.74 Å². The van der Waals surface area contributed by atoms with Crippen molar-refractivity contribution >= 4 is 21.8 Å². The summed E-state index contributed by atoms with van der Waals surface area (Å²) >= 11 is 0. The molecule has 0 spiro atoms. The molecule has 154 valence electrons. The molecule has 0 aliphatic carbocycles. The van der Waals surface area contributed by atoms with Crippen molar-refractivity contribution in [3.8, 4) is 11.6 Å². The quantitative estimate of drug-likeness (QED) is 0.452. The Morgan fingerprint density at radius 2 is 1.61 bits per heavy atom. The van der Waals surface area contributed by atoms with Crippen LogP contribution in [0, 0.1) is 6.92 Å². The Balaban J connectivity index is 1.72. The van der Waals surface area contributed by atoms with Crippen molar-refractivity contribution in [2.45, 2.75) is 13.5 Å². The van der Waals surface area contributed by atoms with Crippen molar-refractivity contribution < 1.29 is 4.74 Å². The molecule has 0 atom stereocenters. The Labute approximate surface area is 175 Å². The van der Waals surface area contributed by atoms with E-state index in [4.69, 9.17) is 4.74 Å². The van der Waals surface area contributed by atoms with Crippen LogP contribution in [0.2, 0.25) is 0 Å². The fraction of sp³-hybridized carbons (Fsp3) is 0.136. The van der Waals surface area contributed by atoms with Crippen molar-refractivity contribution in [2.24, 2.45) is 0 Å². The first-order chi connectivity index (χ1) is 15.1. The highest BCUT2D eigenvalue weighted by atomic mass is 16.5. The molecular formula is C22H18N6O3. The number of fused-ring (bicyclic) bond motifs is 2. The molecule has 0 unspecified atom stereocenters. The summed E-state index contributed by atoms with van der Waals surface area (Å²) in [5, 5.41) is 7.49. The van der Waals surface area contributed by atoms with Crippen LogP contribution in [0.3, 0.4) is 0 Å². The second-order valence-electron chi connectivity index (χ2n) is 7.14. The number of H-pyrrole nitrogens is 1. The normalized spacial score (nSPS) is 11.4. The third-order valence-corrected chi connectivity index (χ3v) is 5.13. The minimum atomic E-state index is -0.361. The van der Waals surface area contributed by atoms with Gasteiger partial charge in [-0.2, -0.15) is 4.98 Å². The smallest absolute Gasteiger partial charge is 0.267 e. The van der Waals surface area contributed by atoms with Gasteiger partial charge in [0, 0.05) is 19.5 Å². The van der Waals surface area contributed by atoms with Gasteiger partial charge in [0.1, 0.15) is 6.61 Å². The molecule has 0 aliphatic rings. The van der Waals surface area contributed by atoms with E-state index in [2.05, 4.69) is 20.2 Å². The van der Waals surface area contributed by atoms with Crippen molar-refractivity contribution in [3.63, 3.8) is 0 Å². The van der Waals surface area contributed by atoms with E-state index < -0.39 is 0 Å². The van der Waals surface area contributed by atoms with E-state index >= 15 is 0 Å². The number of pyridine rings is 3. The van der Waals surface area contributed by atoms with Gasteiger partial charge >= 0.3 is 0 Å². The van der Waals surface area contributed by atoms with E-state index in [-0.39, 0.29) is 23.7 Å². The van der Waals surface area contributed by atoms with Crippen LogP contribution >= 0.6 is 0 Å². The summed E-state index contributed by atoms with van der Waals surface area (Å²) in [7, 11) is 1.55. The highest BCUT2D eigenvalue weighted by Gasteiger charge is 2.14. The third-order valence-electron chi connectivity index (χ3n) is 5.13. The maximum atomic E-state index is 13.2. The molecule has 9 nitrogen and oxygen atoms in total. The minimum absolute atomic E-state index is 0.199. The molecule has 1 N–H and O–H groups in total. The van der Waals surface area contributed by atoms with Gasteiger partial charge in [0.2, 0.25) is 0 Å². The molecule has 0 saturated carbocycles. The van der Waals surface area contributed by atoms with Gasteiger partial charge in [-0.3, -0.25) is 19.3 Å². The van der Waals surface area contributed by atoms with Gasteiger partial charge in [0.15, 0.2) is 5.82 Å². The Hall–Kier alpha value is -4.11. The largest absolute Gasteiger partial charge is 0.377 e. The summed E-state index contributed by atoms with van der Waals surface area (Å²) in [6, 6.07) is 12.7. The van der Waals surface area contributed by atoms with Crippen molar-refractivity contribution in [3.05, 3.63) is 87.0 Å². The summed E-state index contributed by atoms with van der Waals surface area (Å²) in [6.45, 7) is 2.19. The van der Waals surface area contributed by atoms with E-state index in [9.17, 15) is 9.59 Å². The standard InChI is InChI=1S/C22H18N6O3/c1-13-5-3-4-6-18(13)27-9-7-16-14(20(27)29)11-15-17(23-16)8-10-28(21(15)30)22-24-19(12-31-2)25-26-22/h3-11H,12H2,1-2H3,(H,24,25,26). The number of nitrogens with zero attached hydrogens (tertiary/aromatic N) is 5. The third kappa shape index (κ3) is 3.11. The van der Waals surface area contributed by atoms with Gasteiger partial charge in [0.05, 0.1) is 27.5 Å². The van der Waals surface area contributed by atoms with Gasteiger partial charge in [0.25, 0.3) is 17.1 Å². The molecule has 0 radical (unpaired) electrons. The number of ether oxygens (including phenoxy) is 1. The number of hydrogen-bond donors (Lipinski definition) is 1. The number of methoxy groups -OCH3 is 1. The van der Waals surface area contributed by atoms with Crippen LogP contribution in [0.1, 0.15) is 11.4 Å². The Kier molecular flexibility index (Phi) is 4.45. The SMILES string of the molecule is COCc1nc(-n2ccc3nc4ccn(-c5ccccc5C)c(=O)c4cc3c2=O)n[nH]1. The molecule has 1 aromatic carbocycles. The lowest BCUT2D eigenvalue weighted by Crippen LogP contribution is -2.21. The Morgan fingerprint density at radius 1 is 0.935 bits per heavy atom. The highest BCUT2D eigenvalue weighted by molar-refractivity contribution is 5.91. The lowest BCUT2D eigenvalue weighted by Gasteiger charge is -2.10. The number of nitrogens with one attached hydrogen (secondary N) is 1. The molecule has 4 heterocycles. The molecule has 0 bridgehead atoms. The topological polar surface area (TPSA) is 108 Å². The molecule has 5 aromatic rings. The molecule has 0 amide bonds. The monoisotopic (exact) mass is 414 g/mol. The second kappa shape index (κ2) is 7.29. The highest BCUT2D eigenvalue weighted by Crippen LogP contribution is 2.17. The summed E-state index contributed by atoms with van der Waals surface area (Å²) in [4.78, 5) is 35.2. The fourth-order valence-corrected chi connectivity index (χ4v) is 3.60. The second-order valence-corrected chi connectivity index (χ2v) is 7.14. The predicted octanol–water partition coefficient (Wildman–Crippen LogP) is 2.26. The van der Waals surface area contributed by atoms with E-state index in [1.54, 1.807) is 42.3 Å². The molecule has 4 aromatic heterocycles. The number of aromatic nitrogens is 6. The van der Waals surface area contributed by atoms with Crippen LogP contribution in [0.5, 0.6) is 0 Å². The summed E-state index contributed by atoms with van der Waals surface area (Å²) in [6.07, 6.45) is 3.27. The number of aromatic amines is 1. The van der Waals surface area contributed by atoms with Crippen LogP contribution < -0.4 is 11.1 Å². The van der Waals surface area contributed by atoms with Crippen molar-refractivity contribution in [1.29, 1.82) is 0 Å². The van der Waals surface area contributed by atoms with Crippen LogP contribution in [-0.2, 0) is 11.3 Å². The number of aryl methyl sites for hydroxylation is 1. The number of para-hydroxylation sites is 1. The van der Waals surface area contributed by atoms with Gasteiger partial charge in [-0.25, -0.2) is 9.55 Å². The van der Waals surface area contributed by atoms with E-state index in [1.807, 2.05) is 31.2 Å². The zero-order chi connectivity index (χ0) is 21.5. The molecule has 0 fully saturated rings. The van der Waals surface area contributed by atoms with E-state index in [0.29, 0.717) is 27.6 Å². The predicted molar refractivity (Wildman–Crippen MR) is 116 cm³/mol. The number of hydrogen-bond acceptors (Lipinski definition) is 6.